The molecule has 1 aromatic heterocycles. The quantitative estimate of drug-likeness (QED) is 0.172. The zero-order valence-electron chi connectivity index (χ0n) is 25.4. The molecule has 1 aliphatic carbocycles. The molecule has 4 aromatic carbocycles. The number of hydrogen-bond donors (Lipinski definition) is 1. The number of alkyl carbamates (subject to hydrolysis) is 1. The predicted molar refractivity (Wildman–Crippen MR) is 169 cm³/mol. The summed E-state index contributed by atoms with van der Waals surface area (Å²) in [6.07, 6.45) is -0.766. The van der Waals surface area contributed by atoms with Gasteiger partial charge in [-0.25, -0.2) is 9.59 Å². The maximum atomic E-state index is 13.3. The average Bonchev–Trinajstić information content (AvgIpc) is 3.39. The largest absolute Gasteiger partial charge is 0.458 e. The highest BCUT2D eigenvalue weighted by atomic mass is 16.6. The second-order valence-electron chi connectivity index (χ2n) is 11.2. The Labute approximate surface area is 266 Å². The number of carbonyl (C=O) groups is 2. The van der Waals surface area contributed by atoms with Gasteiger partial charge in [-0.15, -0.1) is 15.0 Å². The standard InChI is InChI=1S/C36H32N4O6/c1-36(2,40-35(42)45-23-30-28-19-11-9-17-26(28)27-18-10-12-20-29(27)30)31(41)46-34-38-32(43-21-24-13-5-3-6-14-24)37-33(39-34)44-22-25-15-7-4-8-16-25/h3-20,30H,21-23H2,1-2H3,(H,40,42). The first kappa shape index (κ1) is 30.3. The van der Waals surface area contributed by atoms with Crippen molar-refractivity contribution in [1.82, 2.24) is 20.3 Å². The fourth-order valence-corrected chi connectivity index (χ4v) is 5.09. The van der Waals surface area contributed by atoms with Crippen molar-refractivity contribution in [2.24, 2.45) is 0 Å². The van der Waals surface area contributed by atoms with Crippen molar-refractivity contribution in [3.63, 3.8) is 0 Å². The van der Waals surface area contributed by atoms with Crippen LogP contribution < -0.4 is 19.5 Å². The summed E-state index contributed by atoms with van der Waals surface area (Å²) in [5.74, 6) is -0.947. The first-order valence-electron chi connectivity index (χ1n) is 14.8. The Bertz CT molecular complexity index is 1720. The van der Waals surface area contributed by atoms with E-state index in [1.54, 1.807) is 0 Å². The van der Waals surface area contributed by atoms with E-state index in [2.05, 4.69) is 32.4 Å². The molecule has 0 aliphatic heterocycles. The molecule has 1 aliphatic rings. The van der Waals surface area contributed by atoms with Crippen molar-refractivity contribution >= 4 is 12.1 Å². The SMILES string of the molecule is CC(C)(NC(=O)OCC1c2ccccc2-c2ccccc21)C(=O)Oc1nc(OCc2ccccc2)nc(OCc2ccccc2)n1. The van der Waals surface area contributed by atoms with Gasteiger partial charge in [-0.05, 0) is 47.2 Å². The highest BCUT2D eigenvalue weighted by Crippen LogP contribution is 2.44. The predicted octanol–water partition coefficient (Wildman–Crippen LogP) is 6.25. The lowest BCUT2D eigenvalue weighted by Gasteiger charge is -2.23. The van der Waals surface area contributed by atoms with E-state index in [-0.39, 0.29) is 43.8 Å². The summed E-state index contributed by atoms with van der Waals surface area (Å²) >= 11 is 0. The molecule has 10 heteroatoms. The first-order valence-corrected chi connectivity index (χ1v) is 14.8. The van der Waals surface area contributed by atoms with E-state index in [0.29, 0.717) is 0 Å². The highest BCUT2D eigenvalue weighted by Gasteiger charge is 2.35. The number of hydrogen-bond acceptors (Lipinski definition) is 9. The van der Waals surface area contributed by atoms with Gasteiger partial charge in [-0.2, -0.15) is 0 Å². The Morgan fingerprint density at radius 2 is 1.11 bits per heavy atom. The van der Waals surface area contributed by atoms with Gasteiger partial charge in [0.2, 0.25) is 0 Å². The Morgan fingerprint density at radius 3 is 1.63 bits per heavy atom. The number of benzene rings is 4. The number of fused-ring (bicyclic) bond motifs is 3. The van der Waals surface area contributed by atoms with Crippen LogP contribution in [0.4, 0.5) is 4.79 Å². The van der Waals surface area contributed by atoms with Crippen molar-refractivity contribution in [2.75, 3.05) is 6.61 Å². The van der Waals surface area contributed by atoms with Gasteiger partial charge in [0.25, 0.3) is 0 Å². The molecule has 0 spiro atoms. The van der Waals surface area contributed by atoms with Crippen LogP contribution in [0.2, 0.25) is 0 Å². The fraction of sp³-hybridized carbons (Fsp3) is 0.194. The average molecular weight is 617 g/mol. The van der Waals surface area contributed by atoms with E-state index in [1.807, 2.05) is 97.1 Å². The lowest BCUT2D eigenvalue weighted by atomic mass is 9.98. The summed E-state index contributed by atoms with van der Waals surface area (Å²) in [4.78, 5) is 38.7. The molecule has 0 saturated heterocycles. The molecule has 0 radical (unpaired) electrons. The third kappa shape index (κ3) is 7.13. The van der Waals surface area contributed by atoms with Gasteiger partial charge in [0, 0.05) is 5.92 Å². The molecular weight excluding hydrogens is 584 g/mol. The Morgan fingerprint density at radius 1 is 0.652 bits per heavy atom. The minimum Gasteiger partial charge on any atom is -0.458 e. The van der Waals surface area contributed by atoms with Crippen LogP contribution in [0, 0.1) is 0 Å². The fourth-order valence-electron chi connectivity index (χ4n) is 5.09. The Hall–Kier alpha value is -5.77. The lowest BCUT2D eigenvalue weighted by molar-refractivity contribution is -0.141. The minimum atomic E-state index is -1.49. The van der Waals surface area contributed by atoms with Gasteiger partial charge in [-0.1, -0.05) is 109 Å². The molecule has 0 unspecified atom stereocenters. The third-order valence-electron chi connectivity index (χ3n) is 7.45. The van der Waals surface area contributed by atoms with Crippen molar-refractivity contribution < 1.29 is 28.5 Å². The number of ether oxygens (including phenoxy) is 4. The molecule has 0 saturated carbocycles. The van der Waals surface area contributed by atoms with E-state index >= 15 is 0 Å². The summed E-state index contributed by atoms with van der Waals surface area (Å²) in [6.45, 7) is 3.44. The van der Waals surface area contributed by atoms with Crippen LogP contribution in [-0.2, 0) is 22.7 Å². The van der Waals surface area contributed by atoms with Gasteiger partial charge >= 0.3 is 30.1 Å². The van der Waals surface area contributed by atoms with Crippen molar-refractivity contribution in [3.8, 4) is 29.2 Å². The number of amides is 1. The van der Waals surface area contributed by atoms with Crippen LogP contribution in [0.25, 0.3) is 11.1 Å². The van der Waals surface area contributed by atoms with Crippen LogP contribution in [0.15, 0.2) is 109 Å². The smallest absolute Gasteiger partial charge is 0.408 e. The third-order valence-corrected chi connectivity index (χ3v) is 7.45. The van der Waals surface area contributed by atoms with Crippen LogP contribution in [-0.4, -0.2) is 39.2 Å². The maximum Gasteiger partial charge on any atom is 0.408 e. The van der Waals surface area contributed by atoms with Gasteiger partial charge in [-0.3, -0.25) is 0 Å². The van der Waals surface area contributed by atoms with Crippen LogP contribution in [0.5, 0.6) is 18.0 Å². The highest BCUT2D eigenvalue weighted by molar-refractivity contribution is 5.86. The summed E-state index contributed by atoms with van der Waals surface area (Å²) in [5, 5.41) is 2.60. The summed E-state index contributed by atoms with van der Waals surface area (Å²) < 4.78 is 22.7. The Balaban J connectivity index is 1.11. The van der Waals surface area contributed by atoms with Crippen molar-refractivity contribution in [3.05, 3.63) is 131 Å². The summed E-state index contributed by atoms with van der Waals surface area (Å²) in [5.41, 5.74) is 4.69. The van der Waals surface area contributed by atoms with Gasteiger partial charge < -0.3 is 24.3 Å². The monoisotopic (exact) mass is 616 g/mol. The summed E-state index contributed by atoms with van der Waals surface area (Å²) in [7, 11) is 0. The van der Waals surface area contributed by atoms with E-state index < -0.39 is 17.6 Å². The van der Waals surface area contributed by atoms with Gasteiger partial charge in [0.15, 0.2) is 0 Å². The van der Waals surface area contributed by atoms with Crippen molar-refractivity contribution in [1.29, 1.82) is 0 Å². The van der Waals surface area contributed by atoms with E-state index in [1.165, 1.54) is 13.8 Å². The normalized spacial score (nSPS) is 12.0. The molecule has 5 aromatic rings. The van der Waals surface area contributed by atoms with Gasteiger partial charge in [0.05, 0.1) is 0 Å². The molecule has 1 heterocycles. The maximum absolute atomic E-state index is 13.3. The zero-order valence-corrected chi connectivity index (χ0v) is 25.4. The summed E-state index contributed by atoms with van der Waals surface area (Å²) in [6, 6.07) is 34.5. The van der Waals surface area contributed by atoms with E-state index in [4.69, 9.17) is 18.9 Å². The number of aromatic nitrogens is 3. The molecule has 46 heavy (non-hydrogen) atoms. The van der Waals surface area contributed by atoms with E-state index in [0.717, 1.165) is 33.4 Å². The number of esters is 1. The topological polar surface area (TPSA) is 122 Å². The molecule has 1 N–H and O–H groups in total. The molecule has 0 atom stereocenters. The molecule has 232 valence electrons. The second kappa shape index (κ2) is 13.5. The number of nitrogens with one attached hydrogen (secondary N) is 1. The molecule has 6 rings (SSSR count). The minimum absolute atomic E-state index is 0.0907. The molecule has 0 fully saturated rings. The Kier molecular flexibility index (Phi) is 8.87. The number of rotatable bonds is 11. The molecular formula is C36H32N4O6. The second-order valence-corrected chi connectivity index (χ2v) is 11.2. The van der Waals surface area contributed by atoms with Gasteiger partial charge in [0.1, 0.15) is 25.4 Å². The molecule has 10 nitrogen and oxygen atoms in total. The van der Waals surface area contributed by atoms with E-state index in [9.17, 15) is 9.59 Å². The number of carbonyl (C=O) groups excluding carboxylic acids is 2. The zero-order chi connectivity index (χ0) is 31.9. The lowest BCUT2D eigenvalue weighted by Crippen LogP contribution is -2.52. The molecule has 0 bridgehead atoms. The number of nitrogens with zero attached hydrogens (tertiary/aromatic N) is 3. The molecule has 1 amide bonds. The van der Waals surface area contributed by atoms with Crippen LogP contribution >= 0.6 is 0 Å². The van der Waals surface area contributed by atoms with Crippen molar-refractivity contribution in [2.45, 2.75) is 38.5 Å². The van der Waals surface area contributed by atoms with Crippen LogP contribution in [0.1, 0.15) is 42.0 Å². The van der Waals surface area contributed by atoms with Crippen LogP contribution in [0.3, 0.4) is 0 Å². The first-order chi connectivity index (χ1) is 22.4.